The molecular weight excluding hydrogens is 336 g/mol. The predicted molar refractivity (Wildman–Crippen MR) is 110 cm³/mol. The highest BCUT2D eigenvalue weighted by Crippen LogP contribution is 2.23. The highest BCUT2D eigenvalue weighted by Gasteiger charge is 2.11. The normalized spacial score (nSPS) is 10.6. The number of ketones is 2. The Morgan fingerprint density at radius 2 is 1.37 bits per heavy atom. The minimum atomic E-state index is -0.0986. The van der Waals surface area contributed by atoms with E-state index in [-0.39, 0.29) is 18.0 Å². The van der Waals surface area contributed by atoms with Crippen LogP contribution in [0.5, 0.6) is 5.75 Å². The van der Waals surface area contributed by atoms with Gasteiger partial charge in [-0.15, -0.1) is 0 Å². The van der Waals surface area contributed by atoms with E-state index in [2.05, 4.69) is 6.92 Å². The quantitative estimate of drug-likeness (QED) is 0.253. The van der Waals surface area contributed by atoms with Gasteiger partial charge < -0.3 is 4.74 Å². The van der Waals surface area contributed by atoms with Gasteiger partial charge in [0.05, 0.1) is 13.0 Å². The molecule has 2 aromatic rings. The average Bonchev–Trinajstić information content (AvgIpc) is 2.70. The summed E-state index contributed by atoms with van der Waals surface area (Å²) < 4.78 is 5.74. The van der Waals surface area contributed by atoms with Gasteiger partial charge >= 0.3 is 0 Å². The molecule has 3 heteroatoms. The van der Waals surface area contributed by atoms with Crippen molar-refractivity contribution in [2.45, 2.75) is 58.8 Å². The van der Waals surface area contributed by atoms with Crippen LogP contribution in [0.15, 0.2) is 48.5 Å². The third-order valence-corrected chi connectivity index (χ3v) is 4.58. The fourth-order valence-corrected chi connectivity index (χ4v) is 2.88. The van der Waals surface area contributed by atoms with Crippen LogP contribution < -0.4 is 4.74 Å². The molecule has 27 heavy (non-hydrogen) atoms. The van der Waals surface area contributed by atoms with E-state index in [1.165, 1.54) is 12.8 Å². The van der Waals surface area contributed by atoms with Crippen LogP contribution in [0, 0.1) is 0 Å². The molecule has 0 N–H and O–H groups in total. The smallest absolute Gasteiger partial charge is 0.170 e. The second-order valence-electron chi connectivity index (χ2n) is 6.90. The Morgan fingerprint density at radius 3 is 1.96 bits per heavy atom. The highest BCUT2D eigenvalue weighted by molar-refractivity contribution is 6.08. The summed E-state index contributed by atoms with van der Waals surface area (Å²) in [4.78, 5) is 24.0. The zero-order chi connectivity index (χ0) is 19.5. The van der Waals surface area contributed by atoms with Crippen LogP contribution in [-0.2, 0) is 4.79 Å². The lowest BCUT2D eigenvalue weighted by Gasteiger charge is -2.08. The first kappa shape index (κ1) is 20.9. The van der Waals surface area contributed by atoms with Gasteiger partial charge in [0.15, 0.2) is 5.78 Å². The molecule has 2 rings (SSSR count). The van der Waals surface area contributed by atoms with E-state index in [4.69, 9.17) is 4.74 Å². The second-order valence-corrected chi connectivity index (χ2v) is 6.90. The molecule has 3 nitrogen and oxygen atoms in total. The lowest BCUT2D eigenvalue weighted by atomic mass is 9.99. The molecule has 0 bridgehead atoms. The summed E-state index contributed by atoms with van der Waals surface area (Å²) in [6, 6.07) is 15.5. The molecule has 144 valence electrons. The fourth-order valence-electron chi connectivity index (χ4n) is 2.88. The number of hydrogen-bond donors (Lipinski definition) is 0. The number of carbonyl (C=O) groups is 2. The standard InChI is InChI=1S/C24H30O3/c1-3-5-7-17-27-23-15-13-20(14-16-23)19-9-11-21(12-10-19)24(26)18-22(25)8-6-4-2/h9-16H,3-8,17-18H2,1-2H3. The Labute approximate surface area is 162 Å². The molecule has 0 aromatic heterocycles. The monoisotopic (exact) mass is 366 g/mol. The van der Waals surface area contributed by atoms with Crippen LogP contribution in [0.25, 0.3) is 11.1 Å². The molecule has 0 unspecified atom stereocenters. The topological polar surface area (TPSA) is 43.4 Å². The van der Waals surface area contributed by atoms with Crippen molar-refractivity contribution in [3.8, 4) is 16.9 Å². The van der Waals surface area contributed by atoms with E-state index in [1.54, 1.807) is 12.1 Å². The van der Waals surface area contributed by atoms with Crippen LogP contribution in [0.1, 0.15) is 69.2 Å². The van der Waals surface area contributed by atoms with E-state index in [0.717, 1.165) is 42.7 Å². The highest BCUT2D eigenvalue weighted by atomic mass is 16.5. The number of benzene rings is 2. The maximum absolute atomic E-state index is 12.2. The number of rotatable bonds is 12. The van der Waals surface area contributed by atoms with Gasteiger partial charge in [0.25, 0.3) is 0 Å². The molecule has 0 fully saturated rings. The molecule has 0 aliphatic rings. The van der Waals surface area contributed by atoms with Crippen molar-refractivity contribution in [2.24, 2.45) is 0 Å². The van der Waals surface area contributed by atoms with Gasteiger partial charge in [-0.2, -0.15) is 0 Å². The van der Waals surface area contributed by atoms with Crippen LogP contribution in [0.4, 0.5) is 0 Å². The van der Waals surface area contributed by atoms with Crippen molar-refractivity contribution in [3.63, 3.8) is 0 Å². The lowest BCUT2D eigenvalue weighted by molar-refractivity contribution is -0.118. The van der Waals surface area contributed by atoms with Crippen molar-refractivity contribution < 1.29 is 14.3 Å². The maximum atomic E-state index is 12.2. The third-order valence-electron chi connectivity index (χ3n) is 4.58. The maximum Gasteiger partial charge on any atom is 0.170 e. The molecular formula is C24H30O3. The minimum Gasteiger partial charge on any atom is -0.494 e. The largest absolute Gasteiger partial charge is 0.494 e. The summed E-state index contributed by atoms with van der Waals surface area (Å²) in [5, 5.41) is 0. The Hall–Kier alpha value is -2.42. The van der Waals surface area contributed by atoms with E-state index in [9.17, 15) is 9.59 Å². The van der Waals surface area contributed by atoms with Gasteiger partial charge in [0.2, 0.25) is 0 Å². The summed E-state index contributed by atoms with van der Waals surface area (Å²) in [7, 11) is 0. The first-order chi connectivity index (χ1) is 13.1. The van der Waals surface area contributed by atoms with Crippen LogP contribution >= 0.6 is 0 Å². The molecule has 0 aliphatic heterocycles. The molecule has 0 heterocycles. The fraction of sp³-hybridized carbons (Fsp3) is 0.417. The summed E-state index contributed by atoms with van der Waals surface area (Å²) >= 11 is 0. The Morgan fingerprint density at radius 1 is 0.778 bits per heavy atom. The average molecular weight is 367 g/mol. The minimum absolute atomic E-state index is 0.00339. The molecule has 0 atom stereocenters. The third kappa shape index (κ3) is 7.01. The molecule has 0 aliphatic carbocycles. The summed E-state index contributed by atoms with van der Waals surface area (Å²) in [5.74, 6) is 0.811. The molecule has 0 amide bonds. The Kier molecular flexibility index (Phi) is 8.76. The van der Waals surface area contributed by atoms with Gasteiger partial charge in [-0.25, -0.2) is 0 Å². The Bertz CT molecular complexity index is 714. The number of carbonyl (C=O) groups excluding carboxylic acids is 2. The molecule has 0 radical (unpaired) electrons. The zero-order valence-electron chi connectivity index (χ0n) is 16.5. The second kappa shape index (κ2) is 11.3. The number of unbranched alkanes of at least 4 members (excludes halogenated alkanes) is 3. The zero-order valence-corrected chi connectivity index (χ0v) is 16.5. The SMILES string of the molecule is CCCCCOc1ccc(-c2ccc(C(=O)CC(=O)CCCC)cc2)cc1. The van der Waals surface area contributed by atoms with E-state index in [0.29, 0.717) is 12.0 Å². The van der Waals surface area contributed by atoms with Crippen molar-refractivity contribution in [3.05, 3.63) is 54.1 Å². The van der Waals surface area contributed by atoms with Gasteiger partial charge in [-0.1, -0.05) is 69.5 Å². The van der Waals surface area contributed by atoms with Gasteiger partial charge in [-0.05, 0) is 36.1 Å². The molecule has 2 aromatic carbocycles. The van der Waals surface area contributed by atoms with Gasteiger partial charge in [0, 0.05) is 12.0 Å². The first-order valence-electron chi connectivity index (χ1n) is 10.0. The molecule has 0 saturated carbocycles. The number of Topliss-reactive ketones (excluding diaryl/α,β-unsaturated/α-hetero) is 2. The van der Waals surface area contributed by atoms with E-state index in [1.807, 2.05) is 43.3 Å². The van der Waals surface area contributed by atoms with Gasteiger partial charge in [-0.3, -0.25) is 9.59 Å². The molecule has 0 saturated heterocycles. The molecule has 0 spiro atoms. The lowest BCUT2D eigenvalue weighted by Crippen LogP contribution is -2.07. The van der Waals surface area contributed by atoms with Crippen molar-refractivity contribution in [1.82, 2.24) is 0 Å². The first-order valence-corrected chi connectivity index (χ1v) is 10.0. The van der Waals surface area contributed by atoms with E-state index < -0.39 is 0 Å². The number of hydrogen-bond acceptors (Lipinski definition) is 3. The van der Waals surface area contributed by atoms with Crippen molar-refractivity contribution in [2.75, 3.05) is 6.61 Å². The van der Waals surface area contributed by atoms with Gasteiger partial charge in [0.1, 0.15) is 11.5 Å². The van der Waals surface area contributed by atoms with Crippen LogP contribution in [-0.4, -0.2) is 18.2 Å². The Balaban J connectivity index is 1.92. The number of ether oxygens (including phenoxy) is 1. The summed E-state index contributed by atoms with van der Waals surface area (Å²) in [6.45, 7) is 4.97. The van der Waals surface area contributed by atoms with E-state index >= 15 is 0 Å². The predicted octanol–water partition coefficient (Wildman–Crippen LogP) is 6.25. The summed E-state index contributed by atoms with van der Waals surface area (Å²) in [6.07, 6.45) is 5.77. The summed E-state index contributed by atoms with van der Waals surface area (Å²) in [5.41, 5.74) is 2.72. The van der Waals surface area contributed by atoms with Crippen LogP contribution in [0.2, 0.25) is 0 Å². The van der Waals surface area contributed by atoms with Crippen molar-refractivity contribution >= 4 is 11.6 Å². The van der Waals surface area contributed by atoms with Crippen molar-refractivity contribution in [1.29, 1.82) is 0 Å². The van der Waals surface area contributed by atoms with Crippen LogP contribution in [0.3, 0.4) is 0 Å².